The molecule has 9 heteroatoms. The average Bonchev–Trinajstić information content (AvgIpc) is 3.19. The molecule has 2 saturated heterocycles. The standard InChI is InChI=1S/C26H35N3O6/c1-33-26(10-12-34-13-11-26)16-27-20-4-2-3-5-22(20)35-18-6-7-19-17(14-18)15-29(25(19)32)21-8-9-23(30)28-24(21)31/h6-7,14,20-22,27H,2-5,8-13,15-16H2,1H3,(H,28,30,31)/t20-,21?,22-/m1/s1. The van der Waals surface area contributed by atoms with Crippen molar-refractivity contribution >= 4 is 17.7 Å². The summed E-state index contributed by atoms with van der Waals surface area (Å²) in [6.07, 6.45) is 6.73. The third-order valence-electron chi connectivity index (χ3n) is 8.01. The van der Waals surface area contributed by atoms with E-state index in [0.717, 1.165) is 63.2 Å². The number of piperidine rings is 1. The number of carbonyl (C=O) groups excluding carboxylic acids is 3. The highest BCUT2D eigenvalue weighted by atomic mass is 16.5. The summed E-state index contributed by atoms with van der Waals surface area (Å²) >= 11 is 0. The summed E-state index contributed by atoms with van der Waals surface area (Å²) in [5, 5.41) is 6.08. The molecule has 0 aromatic heterocycles. The maximum Gasteiger partial charge on any atom is 0.255 e. The molecule has 2 N–H and O–H groups in total. The van der Waals surface area contributed by atoms with Crippen molar-refractivity contribution in [3.63, 3.8) is 0 Å². The molecule has 1 aromatic rings. The molecule has 35 heavy (non-hydrogen) atoms. The number of methoxy groups -OCH3 is 1. The molecule has 3 amide bonds. The van der Waals surface area contributed by atoms with E-state index in [-0.39, 0.29) is 36.0 Å². The lowest BCUT2D eigenvalue weighted by Crippen LogP contribution is -2.53. The number of hydrogen-bond donors (Lipinski definition) is 2. The summed E-state index contributed by atoms with van der Waals surface area (Å²) in [5.41, 5.74) is 1.27. The van der Waals surface area contributed by atoms with Gasteiger partial charge < -0.3 is 24.4 Å². The monoisotopic (exact) mass is 485 g/mol. The molecule has 1 aliphatic carbocycles. The fourth-order valence-electron chi connectivity index (χ4n) is 5.78. The summed E-state index contributed by atoms with van der Waals surface area (Å²) < 4.78 is 17.9. The molecule has 0 bridgehead atoms. The van der Waals surface area contributed by atoms with Crippen molar-refractivity contribution < 1.29 is 28.6 Å². The Morgan fingerprint density at radius 2 is 1.94 bits per heavy atom. The second kappa shape index (κ2) is 10.2. The second-order valence-electron chi connectivity index (χ2n) is 10.1. The van der Waals surface area contributed by atoms with Crippen LogP contribution in [-0.2, 0) is 25.6 Å². The predicted molar refractivity (Wildman–Crippen MR) is 127 cm³/mol. The van der Waals surface area contributed by atoms with Crippen molar-refractivity contribution in [3.05, 3.63) is 29.3 Å². The summed E-state index contributed by atoms with van der Waals surface area (Å²) in [6.45, 7) is 2.58. The van der Waals surface area contributed by atoms with Crippen LogP contribution in [0.2, 0.25) is 0 Å². The number of imide groups is 1. The molecule has 1 unspecified atom stereocenters. The number of nitrogens with zero attached hydrogens (tertiary/aromatic N) is 1. The molecule has 3 atom stereocenters. The SMILES string of the molecule is COC1(CN[C@@H]2CCCC[C@H]2Oc2ccc3c(c2)CN(C2CCC(=O)NC2=O)C3=O)CCOCC1. The molecule has 3 fully saturated rings. The molecule has 3 aliphatic heterocycles. The first-order valence-electron chi connectivity index (χ1n) is 12.8. The zero-order valence-corrected chi connectivity index (χ0v) is 20.3. The highest BCUT2D eigenvalue weighted by molar-refractivity contribution is 6.05. The summed E-state index contributed by atoms with van der Waals surface area (Å²) in [7, 11) is 1.78. The molecule has 190 valence electrons. The Morgan fingerprint density at radius 3 is 2.71 bits per heavy atom. The third-order valence-corrected chi connectivity index (χ3v) is 8.01. The molecule has 4 aliphatic rings. The van der Waals surface area contributed by atoms with E-state index in [0.29, 0.717) is 18.5 Å². The van der Waals surface area contributed by atoms with Crippen LogP contribution < -0.4 is 15.4 Å². The quantitative estimate of drug-likeness (QED) is 0.569. The number of hydrogen-bond acceptors (Lipinski definition) is 7. The number of ether oxygens (including phenoxy) is 3. The van der Waals surface area contributed by atoms with E-state index in [2.05, 4.69) is 10.6 Å². The van der Waals surface area contributed by atoms with Crippen LogP contribution in [0.4, 0.5) is 0 Å². The lowest BCUT2D eigenvalue weighted by molar-refractivity contribution is -0.136. The molecule has 9 nitrogen and oxygen atoms in total. The molecule has 3 heterocycles. The molecule has 1 saturated carbocycles. The van der Waals surface area contributed by atoms with Crippen molar-refractivity contribution in [1.82, 2.24) is 15.5 Å². The molecular formula is C26H35N3O6. The molecule has 0 spiro atoms. The minimum absolute atomic E-state index is 0.0406. The van der Waals surface area contributed by atoms with E-state index in [9.17, 15) is 14.4 Å². The zero-order chi connectivity index (χ0) is 24.4. The Balaban J connectivity index is 1.24. The first-order chi connectivity index (χ1) is 17.0. The Hall–Kier alpha value is -2.49. The predicted octanol–water partition coefficient (Wildman–Crippen LogP) is 1.92. The Bertz CT molecular complexity index is 976. The molecule has 0 radical (unpaired) electrons. The Kier molecular flexibility index (Phi) is 7.09. The normalized spacial score (nSPS) is 28.5. The number of fused-ring (bicyclic) bond motifs is 1. The summed E-state index contributed by atoms with van der Waals surface area (Å²) in [6, 6.07) is 5.20. The van der Waals surface area contributed by atoms with Crippen molar-refractivity contribution in [1.29, 1.82) is 0 Å². The van der Waals surface area contributed by atoms with E-state index in [1.807, 2.05) is 12.1 Å². The minimum Gasteiger partial charge on any atom is -0.489 e. The van der Waals surface area contributed by atoms with Crippen LogP contribution in [0.1, 0.15) is 67.3 Å². The van der Waals surface area contributed by atoms with Gasteiger partial charge in [-0.15, -0.1) is 0 Å². The van der Waals surface area contributed by atoms with E-state index in [4.69, 9.17) is 14.2 Å². The van der Waals surface area contributed by atoms with Crippen molar-refractivity contribution in [2.75, 3.05) is 26.9 Å². The lowest BCUT2D eigenvalue weighted by atomic mass is 9.89. The van der Waals surface area contributed by atoms with Gasteiger partial charge in [-0.05, 0) is 49.4 Å². The van der Waals surface area contributed by atoms with E-state index in [1.165, 1.54) is 6.42 Å². The lowest BCUT2D eigenvalue weighted by Gasteiger charge is -2.39. The van der Waals surface area contributed by atoms with Gasteiger partial charge in [0.25, 0.3) is 5.91 Å². The van der Waals surface area contributed by atoms with Gasteiger partial charge in [0.15, 0.2) is 0 Å². The van der Waals surface area contributed by atoms with Gasteiger partial charge in [0.2, 0.25) is 11.8 Å². The van der Waals surface area contributed by atoms with Gasteiger partial charge in [-0.2, -0.15) is 0 Å². The fourth-order valence-corrected chi connectivity index (χ4v) is 5.78. The van der Waals surface area contributed by atoms with Crippen LogP contribution in [-0.4, -0.2) is 73.3 Å². The van der Waals surface area contributed by atoms with Crippen molar-refractivity contribution in [3.8, 4) is 5.75 Å². The fraction of sp³-hybridized carbons (Fsp3) is 0.654. The molecular weight excluding hydrogens is 450 g/mol. The van der Waals surface area contributed by atoms with E-state index >= 15 is 0 Å². The van der Waals surface area contributed by atoms with Crippen LogP contribution >= 0.6 is 0 Å². The number of nitrogens with one attached hydrogen (secondary N) is 2. The topological polar surface area (TPSA) is 106 Å². The van der Waals surface area contributed by atoms with Gasteiger partial charge in [-0.1, -0.05) is 6.42 Å². The smallest absolute Gasteiger partial charge is 0.255 e. The molecule has 5 rings (SSSR count). The van der Waals surface area contributed by atoms with Gasteiger partial charge in [0.1, 0.15) is 17.9 Å². The third kappa shape index (κ3) is 5.08. The van der Waals surface area contributed by atoms with Crippen LogP contribution in [0.15, 0.2) is 18.2 Å². The first-order valence-corrected chi connectivity index (χ1v) is 12.8. The maximum absolute atomic E-state index is 13.0. The number of carbonyl (C=O) groups is 3. The van der Waals surface area contributed by atoms with Gasteiger partial charge in [0.05, 0.1) is 5.60 Å². The van der Waals surface area contributed by atoms with Crippen LogP contribution in [0.3, 0.4) is 0 Å². The molecule has 1 aromatic carbocycles. The van der Waals surface area contributed by atoms with Gasteiger partial charge in [0, 0.05) is 64.3 Å². The first kappa shape index (κ1) is 24.2. The van der Waals surface area contributed by atoms with Crippen LogP contribution in [0, 0.1) is 0 Å². The zero-order valence-electron chi connectivity index (χ0n) is 20.3. The number of amides is 3. The van der Waals surface area contributed by atoms with Crippen LogP contribution in [0.25, 0.3) is 0 Å². The minimum atomic E-state index is -0.609. The summed E-state index contributed by atoms with van der Waals surface area (Å²) in [5.74, 6) is -0.101. The Morgan fingerprint density at radius 1 is 1.14 bits per heavy atom. The van der Waals surface area contributed by atoms with Gasteiger partial charge >= 0.3 is 0 Å². The highest BCUT2D eigenvalue weighted by Gasteiger charge is 2.39. The number of benzene rings is 1. The van der Waals surface area contributed by atoms with E-state index in [1.54, 1.807) is 18.1 Å². The van der Waals surface area contributed by atoms with Crippen molar-refractivity contribution in [2.24, 2.45) is 0 Å². The highest BCUT2D eigenvalue weighted by Crippen LogP contribution is 2.32. The average molecular weight is 486 g/mol. The van der Waals surface area contributed by atoms with Gasteiger partial charge in [-0.3, -0.25) is 19.7 Å². The second-order valence-corrected chi connectivity index (χ2v) is 10.1. The maximum atomic E-state index is 13.0. The van der Waals surface area contributed by atoms with Gasteiger partial charge in [-0.25, -0.2) is 0 Å². The largest absolute Gasteiger partial charge is 0.489 e. The van der Waals surface area contributed by atoms with Crippen molar-refractivity contribution in [2.45, 2.75) is 81.7 Å². The Labute approximate surface area is 205 Å². The summed E-state index contributed by atoms with van der Waals surface area (Å²) in [4.78, 5) is 38.3. The van der Waals surface area contributed by atoms with Crippen LogP contribution in [0.5, 0.6) is 5.75 Å². The van der Waals surface area contributed by atoms with E-state index < -0.39 is 11.9 Å². The number of rotatable bonds is 7.